The average molecular weight is 498 g/mol. The Morgan fingerprint density at radius 1 is 1.24 bits per heavy atom. The Kier molecular flexibility index (Phi) is 8.03. The van der Waals surface area contributed by atoms with Gasteiger partial charge in [0.1, 0.15) is 10.8 Å². The minimum atomic E-state index is -4.40. The number of pyridine rings is 1. The van der Waals surface area contributed by atoms with Gasteiger partial charge in [-0.15, -0.1) is 0 Å². The first-order chi connectivity index (χ1) is 15.7. The van der Waals surface area contributed by atoms with E-state index in [0.29, 0.717) is 17.5 Å². The second-order valence-corrected chi connectivity index (χ2v) is 8.58. The van der Waals surface area contributed by atoms with Crippen molar-refractivity contribution < 1.29 is 32.3 Å². The first-order valence-electron chi connectivity index (χ1n) is 9.50. The molecule has 0 unspecified atom stereocenters. The Morgan fingerprint density at radius 3 is 2.64 bits per heavy atom. The maximum Gasteiger partial charge on any atom is 0.398 e. The zero-order chi connectivity index (χ0) is 24.0. The molecule has 1 aromatic carbocycles. The smallest absolute Gasteiger partial charge is 0.398 e. The molecule has 2 aromatic rings. The third-order valence-corrected chi connectivity index (χ3v) is 6.27. The molecule has 1 saturated heterocycles. The second kappa shape index (κ2) is 10.8. The quantitative estimate of drug-likeness (QED) is 0.432. The number of methoxy groups -OCH3 is 1. The van der Waals surface area contributed by atoms with Crippen LogP contribution in [0.5, 0.6) is 5.75 Å². The summed E-state index contributed by atoms with van der Waals surface area (Å²) in [6, 6.07) is 9.74. The molecule has 3 rings (SSSR count). The molecule has 12 heteroatoms. The Morgan fingerprint density at radius 2 is 1.97 bits per heavy atom. The lowest BCUT2D eigenvalue weighted by atomic mass is 10.2. The molecule has 0 aliphatic carbocycles. The maximum absolute atomic E-state index is 12.6. The monoisotopic (exact) mass is 497 g/mol. The van der Waals surface area contributed by atoms with E-state index in [1.165, 1.54) is 25.4 Å². The summed E-state index contributed by atoms with van der Waals surface area (Å²) in [6.07, 6.45) is -1.52. The number of thioether (sulfide) groups is 2. The third kappa shape index (κ3) is 6.75. The van der Waals surface area contributed by atoms with Crippen LogP contribution in [0.2, 0.25) is 0 Å². The highest BCUT2D eigenvalue weighted by Crippen LogP contribution is 2.32. The van der Waals surface area contributed by atoms with E-state index in [2.05, 4.69) is 10.3 Å². The van der Waals surface area contributed by atoms with Crippen molar-refractivity contribution in [3.8, 4) is 5.75 Å². The first-order valence-corrected chi connectivity index (χ1v) is 11.3. The molecule has 33 heavy (non-hydrogen) atoms. The van der Waals surface area contributed by atoms with E-state index >= 15 is 0 Å². The number of benzene rings is 1. The number of nitrogens with zero attached hydrogens (tertiary/aromatic N) is 2. The number of amides is 3. The van der Waals surface area contributed by atoms with Gasteiger partial charge in [-0.25, -0.2) is 4.98 Å². The average Bonchev–Trinajstić information content (AvgIpc) is 3.05. The molecule has 7 nitrogen and oxygen atoms in total. The van der Waals surface area contributed by atoms with E-state index in [1.807, 2.05) is 0 Å². The molecule has 1 N–H and O–H groups in total. The zero-order valence-electron chi connectivity index (χ0n) is 17.2. The van der Waals surface area contributed by atoms with E-state index < -0.39 is 29.0 Å². The van der Waals surface area contributed by atoms with Crippen LogP contribution in [0.25, 0.3) is 6.08 Å². The van der Waals surface area contributed by atoms with Crippen LogP contribution >= 0.6 is 23.5 Å². The zero-order valence-corrected chi connectivity index (χ0v) is 18.9. The van der Waals surface area contributed by atoms with Gasteiger partial charge >= 0.3 is 6.18 Å². The molecule has 0 saturated carbocycles. The van der Waals surface area contributed by atoms with Crippen LogP contribution in [0.15, 0.2) is 52.5 Å². The number of hydrogen-bond donors (Lipinski definition) is 1. The summed E-state index contributed by atoms with van der Waals surface area (Å²) >= 11 is 1.20. The van der Waals surface area contributed by atoms with Crippen molar-refractivity contribution in [2.24, 2.45) is 0 Å². The highest BCUT2D eigenvalue weighted by atomic mass is 32.2. The largest absolute Gasteiger partial charge is 0.497 e. The van der Waals surface area contributed by atoms with Gasteiger partial charge in [0.15, 0.2) is 0 Å². The van der Waals surface area contributed by atoms with E-state index in [0.717, 1.165) is 22.2 Å². The van der Waals surface area contributed by atoms with E-state index in [4.69, 9.17) is 4.74 Å². The van der Waals surface area contributed by atoms with Crippen LogP contribution in [0, 0.1) is 0 Å². The summed E-state index contributed by atoms with van der Waals surface area (Å²) in [6.45, 7) is -0.146. The normalized spacial score (nSPS) is 15.3. The van der Waals surface area contributed by atoms with E-state index in [-0.39, 0.29) is 28.6 Å². The number of aromatic nitrogens is 1. The number of carbonyl (C=O) groups excluding carboxylic acids is 3. The van der Waals surface area contributed by atoms with Crippen molar-refractivity contribution in [3.63, 3.8) is 0 Å². The Balaban J connectivity index is 1.58. The van der Waals surface area contributed by atoms with Crippen molar-refractivity contribution in [1.82, 2.24) is 15.2 Å². The molecule has 174 valence electrons. The second-order valence-electron chi connectivity index (χ2n) is 6.62. The SMILES string of the molecule is COc1ccc(C=C2SC(=O)N(CCNC(=O)c3cccnc3SCC(F)(F)F)C2=O)cc1. The van der Waals surface area contributed by atoms with Gasteiger partial charge in [-0.05, 0) is 47.7 Å². The minimum absolute atomic E-state index is 0.0136. The van der Waals surface area contributed by atoms with Gasteiger partial charge < -0.3 is 10.1 Å². The number of ether oxygens (including phenoxy) is 1. The first kappa shape index (κ1) is 24.6. The van der Waals surface area contributed by atoms with Crippen molar-refractivity contribution >= 4 is 46.7 Å². The van der Waals surface area contributed by atoms with E-state index in [1.54, 1.807) is 30.3 Å². The molecule has 2 heterocycles. The van der Waals surface area contributed by atoms with Crippen LogP contribution in [0.3, 0.4) is 0 Å². The predicted molar refractivity (Wildman–Crippen MR) is 119 cm³/mol. The number of rotatable bonds is 8. The minimum Gasteiger partial charge on any atom is -0.497 e. The van der Waals surface area contributed by atoms with Crippen LogP contribution < -0.4 is 10.1 Å². The van der Waals surface area contributed by atoms with Crippen molar-refractivity contribution in [3.05, 3.63) is 58.6 Å². The number of imide groups is 1. The summed E-state index contributed by atoms with van der Waals surface area (Å²) in [5.41, 5.74) is 0.704. The van der Waals surface area contributed by atoms with Crippen molar-refractivity contribution in [1.29, 1.82) is 0 Å². The summed E-state index contributed by atoms with van der Waals surface area (Å²) in [4.78, 5) is 42.3. The van der Waals surface area contributed by atoms with Gasteiger partial charge in [0, 0.05) is 19.3 Å². The van der Waals surface area contributed by atoms with Crippen LogP contribution in [0.1, 0.15) is 15.9 Å². The van der Waals surface area contributed by atoms with Crippen LogP contribution in [-0.4, -0.2) is 59.1 Å². The lowest BCUT2D eigenvalue weighted by molar-refractivity contribution is -0.122. The van der Waals surface area contributed by atoms with Gasteiger partial charge in [0.25, 0.3) is 17.1 Å². The van der Waals surface area contributed by atoms with Gasteiger partial charge in [0.2, 0.25) is 0 Å². The molecule has 0 bridgehead atoms. The van der Waals surface area contributed by atoms with Crippen LogP contribution in [0.4, 0.5) is 18.0 Å². The standard InChI is InChI=1S/C21H18F3N3O4S2/c1-31-14-6-4-13(5-7-14)11-16-19(29)27(20(30)33-16)10-9-25-17(28)15-3-2-8-26-18(15)32-12-21(22,23)24/h2-8,11H,9-10,12H2,1H3,(H,25,28). The fourth-order valence-corrected chi connectivity index (χ4v) is 4.37. The van der Waals surface area contributed by atoms with Crippen LogP contribution in [-0.2, 0) is 4.79 Å². The summed E-state index contributed by atoms with van der Waals surface area (Å²) in [7, 11) is 1.54. The summed E-state index contributed by atoms with van der Waals surface area (Å²) < 4.78 is 42.6. The Labute approximate surface area is 195 Å². The fraction of sp³-hybridized carbons (Fsp3) is 0.238. The van der Waals surface area contributed by atoms with E-state index in [9.17, 15) is 27.6 Å². The Bertz CT molecular complexity index is 1080. The molecule has 0 radical (unpaired) electrons. The molecular weight excluding hydrogens is 479 g/mol. The molecule has 0 spiro atoms. The number of hydrogen-bond acceptors (Lipinski definition) is 7. The lowest BCUT2D eigenvalue weighted by Gasteiger charge is -2.14. The molecular formula is C21H18F3N3O4S2. The number of carbonyl (C=O) groups is 3. The third-order valence-electron chi connectivity index (χ3n) is 4.30. The summed E-state index contributed by atoms with van der Waals surface area (Å²) in [5.74, 6) is -1.65. The van der Waals surface area contributed by atoms with Crippen molar-refractivity contribution in [2.75, 3.05) is 26.0 Å². The van der Waals surface area contributed by atoms with Gasteiger partial charge in [-0.3, -0.25) is 19.3 Å². The highest BCUT2D eigenvalue weighted by Gasteiger charge is 2.34. The topological polar surface area (TPSA) is 88.6 Å². The number of alkyl halides is 3. The molecule has 1 fully saturated rings. The van der Waals surface area contributed by atoms with Crippen molar-refractivity contribution in [2.45, 2.75) is 11.2 Å². The lowest BCUT2D eigenvalue weighted by Crippen LogP contribution is -2.37. The fourth-order valence-electron chi connectivity index (χ4n) is 2.75. The Hall–Kier alpha value is -2.99. The highest BCUT2D eigenvalue weighted by molar-refractivity contribution is 8.18. The molecule has 1 aliphatic heterocycles. The number of nitrogens with one attached hydrogen (secondary N) is 1. The number of halogens is 3. The molecule has 1 aromatic heterocycles. The summed E-state index contributed by atoms with van der Waals surface area (Å²) in [5, 5.41) is 1.99. The van der Waals surface area contributed by atoms with Gasteiger partial charge in [0.05, 0.1) is 23.3 Å². The molecule has 3 amide bonds. The van der Waals surface area contributed by atoms with Gasteiger partial charge in [-0.1, -0.05) is 23.9 Å². The maximum atomic E-state index is 12.6. The molecule has 0 atom stereocenters. The molecule has 1 aliphatic rings. The van der Waals surface area contributed by atoms with Gasteiger partial charge in [-0.2, -0.15) is 13.2 Å². The predicted octanol–water partition coefficient (Wildman–Crippen LogP) is 4.21.